The number of aromatic nitrogens is 1. The zero-order valence-electron chi connectivity index (χ0n) is 12.8. The summed E-state index contributed by atoms with van der Waals surface area (Å²) in [7, 11) is 4.22. The highest BCUT2D eigenvalue weighted by Crippen LogP contribution is 2.11. The third-order valence-electron chi connectivity index (χ3n) is 3.69. The maximum atomic E-state index is 4.42. The molecule has 1 aliphatic heterocycles. The van der Waals surface area contributed by atoms with E-state index in [1.165, 1.54) is 0 Å². The van der Waals surface area contributed by atoms with Crippen LogP contribution in [0.25, 0.3) is 0 Å². The molecule has 0 saturated carbocycles. The van der Waals surface area contributed by atoms with Crippen molar-refractivity contribution in [1.29, 1.82) is 0 Å². The molecular formula is C15H27N5. The van der Waals surface area contributed by atoms with Gasteiger partial charge in [-0.3, -0.25) is 4.90 Å². The van der Waals surface area contributed by atoms with Crippen LogP contribution in [-0.2, 0) is 0 Å². The Hall–Kier alpha value is -1.17. The lowest BCUT2D eigenvalue weighted by Gasteiger charge is -2.35. The molecule has 0 radical (unpaired) electrons. The zero-order chi connectivity index (χ0) is 14.2. The lowest BCUT2D eigenvalue weighted by atomic mass is 10.3. The topological polar surface area (TPSA) is 34.6 Å². The second kappa shape index (κ2) is 8.19. The number of nitrogens with zero attached hydrogens (tertiary/aromatic N) is 4. The van der Waals surface area contributed by atoms with Gasteiger partial charge in [-0.25, -0.2) is 4.98 Å². The molecule has 0 aromatic carbocycles. The summed E-state index contributed by atoms with van der Waals surface area (Å²) < 4.78 is 0. The minimum Gasteiger partial charge on any atom is -0.354 e. The fourth-order valence-electron chi connectivity index (χ4n) is 2.41. The normalized spacial score (nSPS) is 16.9. The third kappa shape index (κ3) is 5.07. The Labute approximate surface area is 122 Å². The van der Waals surface area contributed by atoms with Crippen molar-refractivity contribution in [2.45, 2.75) is 0 Å². The molecule has 5 heteroatoms. The Bertz CT molecular complexity index is 360. The number of hydrogen-bond donors (Lipinski definition) is 1. The van der Waals surface area contributed by atoms with E-state index in [2.05, 4.69) is 51.2 Å². The van der Waals surface area contributed by atoms with E-state index < -0.39 is 0 Å². The van der Waals surface area contributed by atoms with Crippen LogP contribution in [0.5, 0.6) is 0 Å². The SMILES string of the molecule is CN(C)CCNCCN1CCN(c2ccccn2)CC1. The van der Waals surface area contributed by atoms with Crippen molar-refractivity contribution in [2.24, 2.45) is 0 Å². The fraction of sp³-hybridized carbons (Fsp3) is 0.667. The van der Waals surface area contributed by atoms with Gasteiger partial charge in [0.05, 0.1) is 0 Å². The smallest absolute Gasteiger partial charge is 0.128 e. The maximum absolute atomic E-state index is 4.42. The Morgan fingerprint density at radius 1 is 1.15 bits per heavy atom. The average Bonchev–Trinajstić information content (AvgIpc) is 2.48. The van der Waals surface area contributed by atoms with E-state index in [1.807, 2.05) is 12.3 Å². The van der Waals surface area contributed by atoms with Gasteiger partial charge >= 0.3 is 0 Å². The van der Waals surface area contributed by atoms with Gasteiger partial charge in [0.1, 0.15) is 5.82 Å². The van der Waals surface area contributed by atoms with Crippen LogP contribution in [-0.4, -0.2) is 81.2 Å². The van der Waals surface area contributed by atoms with Gasteiger partial charge in [-0.15, -0.1) is 0 Å². The molecule has 0 amide bonds. The van der Waals surface area contributed by atoms with Crippen LogP contribution in [0.15, 0.2) is 24.4 Å². The van der Waals surface area contributed by atoms with Crippen molar-refractivity contribution in [1.82, 2.24) is 20.1 Å². The molecule has 112 valence electrons. The maximum Gasteiger partial charge on any atom is 0.128 e. The first-order chi connectivity index (χ1) is 9.75. The first-order valence-electron chi connectivity index (χ1n) is 7.49. The van der Waals surface area contributed by atoms with Gasteiger partial charge in [0.15, 0.2) is 0 Å². The molecule has 0 bridgehead atoms. The largest absolute Gasteiger partial charge is 0.354 e. The number of likely N-dealkylation sites (N-methyl/N-ethyl adjacent to an activating group) is 1. The highest BCUT2D eigenvalue weighted by molar-refractivity contribution is 5.38. The van der Waals surface area contributed by atoms with Gasteiger partial charge in [0.25, 0.3) is 0 Å². The molecule has 1 N–H and O–H groups in total. The average molecular weight is 277 g/mol. The summed E-state index contributed by atoms with van der Waals surface area (Å²) in [6, 6.07) is 6.13. The van der Waals surface area contributed by atoms with E-state index in [1.54, 1.807) is 0 Å². The van der Waals surface area contributed by atoms with E-state index in [9.17, 15) is 0 Å². The molecule has 0 atom stereocenters. The highest BCUT2D eigenvalue weighted by atomic mass is 15.3. The van der Waals surface area contributed by atoms with Crippen LogP contribution in [0.1, 0.15) is 0 Å². The van der Waals surface area contributed by atoms with Crippen molar-refractivity contribution in [2.75, 3.05) is 71.4 Å². The van der Waals surface area contributed by atoms with Crippen molar-refractivity contribution in [3.63, 3.8) is 0 Å². The van der Waals surface area contributed by atoms with E-state index in [0.29, 0.717) is 0 Å². The number of anilines is 1. The summed E-state index contributed by atoms with van der Waals surface area (Å²) in [4.78, 5) is 11.5. The molecule has 1 fully saturated rings. The molecule has 1 aromatic heterocycles. The van der Waals surface area contributed by atoms with Crippen LogP contribution in [0.4, 0.5) is 5.82 Å². The van der Waals surface area contributed by atoms with Gasteiger partial charge in [-0.05, 0) is 26.2 Å². The molecule has 5 nitrogen and oxygen atoms in total. The van der Waals surface area contributed by atoms with Gasteiger partial charge in [0, 0.05) is 58.6 Å². The quantitative estimate of drug-likeness (QED) is 0.728. The predicted octanol–water partition coefficient (Wildman–Crippen LogP) is 0.355. The summed E-state index contributed by atoms with van der Waals surface area (Å²) in [5.41, 5.74) is 0. The van der Waals surface area contributed by atoms with E-state index >= 15 is 0 Å². The monoisotopic (exact) mass is 277 g/mol. The van der Waals surface area contributed by atoms with Gasteiger partial charge < -0.3 is 15.1 Å². The van der Waals surface area contributed by atoms with Gasteiger partial charge in [-0.2, -0.15) is 0 Å². The number of rotatable bonds is 7. The Morgan fingerprint density at radius 2 is 1.95 bits per heavy atom. The summed E-state index contributed by atoms with van der Waals surface area (Å²) in [6.07, 6.45) is 1.87. The molecule has 1 aromatic rings. The number of nitrogens with one attached hydrogen (secondary N) is 1. The summed E-state index contributed by atoms with van der Waals surface area (Å²) in [5.74, 6) is 1.11. The van der Waals surface area contributed by atoms with Crippen molar-refractivity contribution in [3.8, 4) is 0 Å². The molecule has 0 aliphatic carbocycles. The number of hydrogen-bond acceptors (Lipinski definition) is 5. The lowest BCUT2D eigenvalue weighted by molar-refractivity contribution is 0.255. The van der Waals surface area contributed by atoms with Gasteiger partial charge in [-0.1, -0.05) is 6.07 Å². The Kier molecular flexibility index (Phi) is 6.24. The molecular weight excluding hydrogens is 250 g/mol. The fourth-order valence-corrected chi connectivity index (χ4v) is 2.41. The molecule has 2 rings (SSSR count). The highest BCUT2D eigenvalue weighted by Gasteiger charge is 2.16. The van der Waals surface area contributed by atoms with Crippen molar-refractivity contribution >= 4 is 5.82 Å². The molecule has 1 aliphatic rings. The second-order valence-electron chi connectivity index (χ2n) is 5.57. The van der Waals surface area contributed by atoms with Crippen LogP contribution < -0.4 is 10.2 Å². The van der Waals surface area contributed by atoms with E-state index in [4.69, 9.17) is 0 Å². The van der Waals surface area contributed by atoms with Crippen LogP contribution >= 0.6 is 0 Å². The van der Waals surface area contributed by atoms with Crippen molar-refractivity contribution in [3.05, 3.63) is 24.4 Å². The minimum atomic E-state index is 1.07. The van der Waals surface area contributed by atoms with E-state index in [0.717, 1.165) is 58.2 Å². The van der Waals surface area contributed by atoms with Crippen LogP contribution in [0, 0.1) is 0 Å². The predicted molar refractivity (Wildman–Crippen MR) is 84.3 cm³/mol. The Balaban J connectivity index is 1.60. The number of pyridine rings is 1. The van der Waals surface area contributed by atoms with Crippen LogP contribution in [0.3, 0.4) is 0 Å². The first kappa shape index (κ1) is 15.2. The standard InChI is InChI=1S/C15H27N5/c1-18(2)9-7-16-8-10-19-11-13-20(14-12-19)15-5-3-4-6-17-15/h3-6,16H,7-14H2,1-2H3. The summed E-state index contributed by atoms with van der Waals surface area (Å²) in [5, 5.41) is 3.50. The first-order valence-corrected chi connectivity index (χ1v) is 7.49. The molecule has 0 unspecified atom stereocenters. The second-order valence-corrected chi connectivity index (χ2v) is 5.57. The van der Waals surface area contributed by atoms with Crippen molar-refractivity contribution < 1.29 is 0 Å². The lowest BCUT2D eigenvalue weighted by Crippen LogP contribution is -2.48. The minimum absolute atomic E-state index is 1.07. The molecule has 2 heterocycles. The Morgan fingerprint density at radius 3 is 2.60 bits per heavy atom. The zero-order valence-corrected chi connectivity index (χ0v) is 12.8. The molecule has 0 spiro atoms. The summed E-state index contributed by atoms with van der Waals surface area (Å²) >= 11 is 0. The van der Waals surface area contributed by atoms with Gasteiger partial charge in [0.2, 0.25) is 0 Å². The molecule has 20 heavy (non-hydrogen) atoms. The summed E-state index contributed by atoms with van der Waals surface area (Å²) in [6.45, 7) is 8.82. The number of piperazine rings is 1. The van der Waals surface area contributed by atoms with Crippen LogP contribution in [0.2, 0.25) is 0 Å². The third-order valence-corrected chi connectivity index (χ3v) is 3.69. The van der Waals surface area contributed by atoms with E-state index in [-0.39, 0.29) is 0 Å². The molecule has 1 saturated heterocycles.